The largest absolute Gasteiger partial charge is 0.484 e. The summed E-state index contributed by atoms with van der Waals surface area (Å²) < 4.78 is 10.6. The molecule has 1 heterocycles. The van der Waals surface area contributed by atoms with Gasteiger partial charge in [0.05, 0.1) is 6.26 Å². The Balaban J connectivity index is 1.53. The number of allylic oxidation sites excluding steroid dienone is 1. The van der Waals surface area contributed by atoms with E-state index in [0.29, 0.717) is 28.4 Å². The third-order valence-electron chi connectivity index (χ3n) is 3.92. The summed E-state index contributed by atoms with van der Waals surface area (Å²) in [6.45, 7) is 1.22. The minimum absolute atomic E-state index is 0.166. The summed E-state index contributed by atoms with van der Waals surface area (Å²) in [6.07, 6.45) is 4.52. The molecule has 0 bridgehead atoms. The van der Waals surface area contributed by atoms with Crippen molar-refractivity contribution in [2.24, 2.45) is 0 Å². The van der Waals surface area contributed by atoms with E-state index in [9.17, 15) is 14.4 Å². The molecule has 0 fully saturated rings. The zero-order valence-corrected chi connectivity index (χ0v) is 16.3. The molecule has 0 atom stereocenters. The van der Waals surface area contributed by atoms with Crippen molar-refractivity contribution in [3.8, 4) is 5.75 Å². The highest BCUT2D eigenvalue weighted by atomic mass is 16.5. The van der Waals surface area contributed by atoms with Crippen molar-refractivity contribution in [2.75, 3.05) is 17.2 Å². The molecular formula is C23H20N2O5. The molecule has 152 valence electrons. The van der Waals surface area contributed by atoms with E-state index in [1.807, 2.05) is 0 Å². The lowest BCUT2D eigenvalue weighted by Crippen LogP contribution is -2.20. The van der Waals surface area contributed by atoms with Gasteiger partial charge in [0.15, 0.2) is 12.4 Å². The molecule has 0 unspecified atom stereocenters. The maximum Gasteiger partial charge on any atom is 0.262 e. The molecule has 0 saturated heterocycles. The topological polar surface area (TPSA) is 97.6 Å². The van der Waals surface area contributed by atoms with Crippen molar-refractivity contribution < 1.29 is 23.5 Å². The maximum absolute atomic E-state index is 12.3. The summed E-state index contributed by atoms with van der Waals surface area (Å²) in [7, 11) is 0. The Labute approximate surface area is 173 Å². The van der Waals surface area contributed by atoms with Crippen LogP contribution < -0.4 is 15.4 Å². The molecule has 0 saturated carbocycles. The third-order valence-corrected chi connectivity index (χ3v) is 3.92. The van der Waals surface area contributed by atoms with E-state index in [1.54, 1.807) is 66.7 Å². The number of carbonyl (C=O) groups excluding carboxylic acids is 3. The van der Waals surface area contributed by atoms with Crippen molar-refractivity contribution in [3.63, 3.8) is 0 Å². The van der Waals surface area contributed by atoms with Crippen LogP contribution in [0.3, 0.4) is 0 Å². The molecule has 7 heteroatoms. The van der Waals surface area contributed by atoms with Crippen molar-refractivity contribution >= 4 is 35.0 Å². The highest BCUT2D eigenvalue weighted by Crippen LogP contribution is 2.16. The second-order valence-electron chi connectivity index (χ2n) is 6.34. The average molecular weight is 404 g/mol. The van der Waals surface area contributed by atoms with Crippen LogP contribution in [0.2, 0.25) is 0 Å². The first-order valence-corrected chi connectivity index (χ1v) is 9.16. The lowest BCUT2D eigenvalue weighted by Gasteiger charge is -2.09. The first-order chi connectivity index (χ1) is 14.5. The van der Waals surface area contributed by atoms with Crippen molar-refractivity contribution in [1.29, 1.82) is 0 Å². The number of hydrogen-bond donors (Lipinski definition) is 2. The van der Waals surface area contributed by atoms with Gasteiger partial charge in [0.1, 0.15) is 11.5 Å². The first-order valence-electron chi connectivity index (χ1n) is 9.16. The number of amides is 2. The second kappa shape index (κ2) is 9.88. The molecule has 2 amide bonds. The molecule has 0 aliphatic rings. The van der Waals surface area contributed by atoms with Crippen LogP contribution in [0.25, 0.3) is 6.08 Å². The highest BCUT2D eigenvalue weighted by molar-refractivity contribution is 6.07. The average Bonchev–Trinajstić information content (AvgIpc) is 3.25. The number of ether oxygens (including phenoxy) is 1. The van der Waals surface area contributed by atoms with E-state index in [4.69, 9.17) is 9.15 Å². The fraction of sp³-hybridized carbons (Fsp3) is 0.0870. The summed E-state index contributed by atoms with van der Waals surface area (Å²) in [5, 5.41) is 5.35. The maximum atomic E-state index is 12.3. The van der Waals surface area contributed by atoms with E-state index < -0.39 is 0 Å². The van der Waals surface area contributed by atoms with Crippen molar-refractivity contribution in [3.05, 3.63) is 84.3 Å². The van der Waals surface area contributed by atoms with Crippen LogP contribution in [0.15, 0.2) is 77.4 Å². The molecular weight excluding hydrogens is 384 g/mol. The van der Waals surface area contributed by atoms with Crippen molar-refractivity contribution in [1.82, 2.24) is 0 Å². The molecule has 2 aromatic carbocycles. The first kappa shape index (κ1) is 20.6. The molecule has 3 rings (SSSR count). The van der Waals surface area contributed by atoms with Gasteiger partial charge in [0, 0.05) is 23.9 Å². The number of anilines is 2. The molecule has 7 nitrogen and oxygen atoms in total. The van der Waals surface area contributed by atoms with Gasteiger partial charge in [-0.3, -0.25) is 14.4 Å². The SMILES string of the molecule is CC(=O)Nc1ccc(OCC(=O)Nc2cccc(C(=O)/C=C/c3ccco3)c2)cc1. The van der Waals surface area contributed by atoms with Gasteiger partial charge in [-0.1, -0.05) is 12.1 Å². The predicted octanol–water partition coefficient (Wildman–Crippen LogP) is 4.15. The lowest BCUT2D eigenvalue weighted by atomic mass is 10.1. The van der Waals surface area contributed by atoms with Gasteiger partial charge in [-0.05, 0) is 60.7 Å². The van der Waals surface area contributed by atoms with Gasteiger partial charge in [-0.2, -0.15) is 0 Å². The summed E-state index contributed by atoms with van der Waals surface area (Å²) in [5.74, 6) is 0.330. The number of nitrogens with one attached hydrogen (secondary N) is 2. The smallest absolute Gasteiger partial charge is 0.262 e. The van der Waals surface area contributed by atoms with Crippen LogP contribution in [-0.4, -0.2) is 24.2 Å². The van der Waals surface area contributed by atoms with E-state index in [1.165, 1.54) is 19.3 Å². The summed E-state index contributed by atoms with van der Waals surface area (Å²) >= 11 is 0. The minimum atomic E-state index is -0.364. The summed E-state index contributed by atoms with van der Waals surface area (Å²) in [4.78, 5) is 35.5. The van der Waals surface area contributed by atoms with E-state index in [0.717, 1.165) is 0 Å². The Morgan fingerprint density at radius 2 is 1.77 bits per heavy atom. The normalized spacial score (nSPS) is 10.6. The van der Waals surface area contributed by atoms with Crippen LogP contribution in [0.5, 0.6) is 5.75 Å². The predicted molar refractivity (Wildman–Crippen MR) is 113 cm³/mol. The molecule has 0 aliphatic heterocycles. The van der Waals surface area contributed by atoms with E-state index >= 15 is 0 Å². The van der Waals surface area contributed by atoms with Crippen molar-refractivity contribution in [2.45, 2.75) is 6.92 Å². The molecule has 0 spiro atoms. The Morgan fingerprint density at radius 3 is 2.47 bits per heavy atom. The molecule has 3 aromatic rings. The van der Waals surface area contributed by atoms with Crippen LogP contribution >= 0.6 is 0 Å². The van der Waals surface area contributed by atoms with Gasteiger partial charge in [0.25, 0.3) is 5.91 Å². The van der Waals surface area contributed by atoms with Crippen LogP contribution in [0, 0.1) is 0 Å². The Morgan fingerprint density at radius 1 is 0.967 bits per heavy atom. The molecule has 1 aromatic heterocycles. The molecule has 30 heavy (non-hydrogen) atoms. The number of hydrogen-bond acceptors (Lipinski definition) is 5. The summed E-state index contributed by atoms with van der Waals surface area (Å²) in [6, 6.07) is 16.8. The number of furan rings is 1. The fourth-order valence-electron chi connectivity index (χ4n) is 2.57. The van der Waals surface area contributed by atoms with E-state index in [-0.39, 0.29) is 24.2 Å². The van der Waals surface area contributed by atoms with Crippen LogP contribution in [0.1, 0.15) is 23.0 Å². The van der Waals surface area contributed by atoms with Gasteiger partial charge >= 0.3 is 0 Å². The fourth-order valence-corrected chi connectivity index (χ4v) is 2.57. The van der Waals surface area contributed by atoms with Gasteiger partial charge in [-0.15, -0.1) is 0 Å². The Kier molecular flexibility index (Phi) is 6.78. The molecule has 0 radical (unpaired) electrons. The van der Waals surface area contributed by atoms with Gasteiger partial charge in [0.2, 0.25) is 5.91 Å². The quantitative estimate of drug-likeness (QED) is 0.434. The Hall–Kier alpha value is -4.13. The lowest BCUT2D eigenvalue weighted by molar-refractivity contribution is -0.118. The Bertz CT molecular complexity index is 1050. The summed E-state index contributed by atoms with van der Waals surface area (Å²) in [5.41, 5.74) is 1.56. The number of benzene rings is 2. The van der Waals surface area contributed by atoms with Crippen LogP contribution in [0.4, 0.5) is 11.4 Å². The third kappa shape index (κ3) is 6.20. The second-order valence-corrected chi connectivity index (χ2v) is 6.34. The number of rotatable bonds is 8. The minimum Gasteiger partial charge on any atom is -0.484 e. The standard InChI is InChI=1S/C23H20N2O5/c1-16(26)24-18-7-9-21(10-8-18)30-15-23(28)25-19-5-2-4-17(14-19)22(27)12-11-20-6-3-13-29-20/h2-14H,15H2,1H3,(H,24,26)(H,25,28)/b12-11+. The number of ketones is 1. The number of carbonyl (C=O) groups is 3. The molecule has 0 aliphatic carbocycles. The molecule has 2 N–H and O–H groups in total. The monoisotopic (exact) mass is 404 g/mol. The van der Waals surface area contributed by atoms with Gasteiger partial charge < -0.3 is 19.8 Å². The van der Waals surface area contributed by atoms with Gasteiger partial charge in [-0.25, -0.2) is 0 Å². The zero-order valence-electron chi connectivity index (χ0n) is 16.3. The zero-order chi connectivity index (χ0) is 21.3. The van der Waals surface area contributed by atoms with E-state index in [2.05, 4.69) is 10.6 Å². The van der Waals surface area contributed by atoms with Crippen LogP contribution in [-0.2, 0) is 9.59 Å². The highest BCUT2D eigenvalue weighted by Gasteiger charge is 2.07.